The predicted octanol–water partition coefficient (Wildman–Crippen LogP) is 2.15. The van der Waals surface area contributed by atoms with E-state index in [1.165, 1.54) is 5.56 Å². The third kappa shape index (κ3) is 4.45. The van der Waals surface area contributed by atoms with Gasteiger partial charge in [-0.25, -0.2) is 0 Å². The Hall–Kier alpha value is -0.860. The maximum Gasteiger partial charge on any atom is 0.0445 e. The van der Waals surface area contributed by atoms with Crippen LogP contribution in [0.2, 0.25) is 0 Å². The molecular formula is C13H21NO. The van der Waals surface area contributed by atoms with Gasteiger partial charge in [0.1, 0.15) is 0 Å². The summed E-state index contributed by atoms with van der Waals surface area (Å²) < 4.78 is 0. The van der Waals surface area contributed by atoms with E-state index in [4.69, 9.17) is 5.11 Å². The zero-order chi connectivity index (χ0) is 11.1. The second kappa shape index (κ2) is 6.59. The van der Waals surface area contributed by atoms with E-state index in [0.29, 0.717) is 12.0 Å². The van der Waals surface area contributed by atoms with Crippen molar-refractivity contribution in [1.82, 2.24) is 5.32 Å². The van der Waals surface area contributed by atoms with Gasteiger partial charge in [0.15, 0.2) is 0 Å². The Labute approximate surface area is 92.3 Å². The van der Waals surface area contributed by atoms with Gasteiger partial charge in [-0.05, 0) is 24.8 Å². The fourth-order valence-corrected chi connectivity index (χ4v) is 1.57. The molecule has 0 aromatic heterocycles. The summed E-state index contributed by atoms with van der Waals surface area (Å²) in [4.78, 5) is 0. The van der Waals surface area contributed by atoms with E-state index >= 15 is 0 Å². The topological polar surface area (TPSA) is 32.3 Å². The lowest BCUT2D eigenvalue weighted by molar-refractivity contribution is 0.268. The van der Waals surface area contributed by atoms with Gasteiger partial charge < -0.3 is 10.4 Å². The molecule has 15 heavy (non-hydrogen) atoms. The first-order valence-corrected chi connectivity index (χ1v) is 5.63. The standard InChI is InChI=1S/C13H21NO/c1-11(10-14-12(2)8-9-15)13-6-4-3-5-7-13/h3-7,11-12,14-15H,8-10H2,1-2H3. The molecule has 1 aromatic rings. The van der Waals surface area contributed by atoms with Gasteiger partial charge in [0.05, 0.1) is 0 Å². The molecule has 0 aliphatic heterocycles. The summed E-state index contributed by atoms with van der Waals surface area (Å²) in [5.74, 6) is 0.521. The maximum atomic E-state index is 8.78. The Morgan fingerprint density at radius 3 is 2.47 bits per heavy atom. The van der Waals surface area contributed by atoms with Crippen molar-refractivity contribution in [2.75, 3.05) is 13.2 Å². The molecule has 0 aliphatic carbocycles. The molecule has 2 N–H and O–H groups in total. The van der Waals surface area contributed by atoms with Crippen LogP contribution in [0, 0.1) is 0 Å². The molecule has 1 aromatic carbocycles. The van der Waals surface area contributed by atoms with Crippen LogP contribution in [0.1, 0.15) is 31.7 Å². The number of hydrogen-bond acceptors (Lipinski definition) is 2. The monoisotopic (exact) mass is 207 g/mol. The quantitative estimate of drug-likeness (QED) is 0.749. The molecule has 0 aliphatic rings. The first-order valence-electron chi connectivity index (χ1n) is 5.63. The molecule has 0 radical (unpaired) electrons. The Kier molecular flexibility index (Phi) is 5.37. The Morgan fingerprint density at radius 2 is 1.87 bits per heavy atom. The van der Waals surface area contributed by atoms with Crippen molar-refractivity contribution in [3.8, 4) is 0 Å². The normalized spacial score (nSPS) is 14.9. The van der Waals surface area contributed by atoms with Gasteiger partial charge in [0, 0.05) is 19.2 Å². The van der Waals surface area contributed by atoms with Crippen LogP contribution >= 0.6 is 0 Å². The molecule has 0 spiro atoms. The number of benzene rings is 1. The van der Waals surface area contributed by atoms with Crippen LogP contribution in [-0.4, -0.2) is 24.3 Å². The van der Waals surface area contributed by atoms with Crippen LogP contribution in [0.15, 0.2) is 30.3 Å². The SMILES string of the molecule is CC(CCO)NCC(C)c1ccccc1. The second-order valence-corrected chi connectivity index (χ2v) is 4.13. The van der Waals surface area contributed by atoms with Gasteiger partial charge >= 0.3 is 0 Å². The lowest BCUT2D eigenvalue weighted by Crippen LogP contribution is -2.30. The fourth-order valence-electron chi connectivity index (χ4n) is 1.57. The lowest BCUT2D eigenvalue weighted by atomic mass is 10.0. The van der Waals surface area contributed by atoms with E-state index in [9.17, 15) is 0 Å². The Bertz CT molecular complexity index is 260. The van der Waals surface area contributed by atoms with E-state index in [1.54, 1.807) is 0 Å². The van der Waals surface area contributed by atoms with Crippen LogP contribution in [0.25, 0.3) is 0 Å². The van der Waals surface area contributed by atoms with Gasteiger partial charge in [-0.3, -0.25) is 0 Å². The number of aliphatic hydroxyl groups excluding tert-OH is 1. The highest BCUT2D eigenvalue weighted by Gasteiger charge is 2.06. The van der Waals surface area contributed by atoms with Crippen molar-refractivity contribution >= 4 is 0 Å². The van der Waals surface area contributed by atoms with Crippen molar-refractivity contribution in [1.29, 1.82) is 0 Å². The number of aliphatic hydroxyl groups is 1. The van der Waals surface area contributed by atoms with Crippen LogP contribution in [0.5, 0.6) is 0 Å². The molecule has 0 amide bonds. The smallest absolute Gasteiger partial charge is 0.0445 e. The first kappa shape index (κ1) is 12.2. The minimum atomic E-state index is 0.258. The minimum absolute atomic E-state index is 0.258. The van der Waals surface area contributed by atoms with E-state index in [2.05, 4.69) is 43.4 Å². The van der Waals surface area contributed by atoms with Crippen molar-refractivity contribution in [2.24, 2.45) is 0 Å². The van der Waals surface area contributed by atoms with Crippen LogP contribution < -0.4 is 5.32 Å². The van der Waals surface area contributed by atoms with E-state index < -0.39 is 0 Å². The molecule has 1 rings (SSSR count). The molecule has 0 bridgehead atoms. The zero-order valence-electron chi connectivity index (χ0n) is 9.61. The summed E-state index contributed by atoms with van der Waals surface area (Å²) in [6.07, 6.45) is 0.821. The van der Waals surface area contributed by atoms with Crippen molar-refractivity contribution < 1.29 is 5.11 Å². The lowest BCUT2D eigenvalue weighted by Gasteiger charge is -2.17. The first-order chi connectivity index (χ1) is 7.24. The minimum Gasteiger partial charge on any atom is -0.396 e. The summed E-state index contributed by atoms with van der Waals surface area (Å²) >= 11 is 0. The summed E-state index contributed by atoms with van der Waals surface area (Å²) in [5.41, 5.74) is 1.36. The van der Waals surface area contributed by atoms with Crippen molar-refractivity contribution in [2.45, 2.75) is 32.2 Å². The Balaban J connectivity index is 2.33. The molecule has 2 nitrogen and oxygen atoms in total. The van der Waals surface area contributed by atoms with Crippen LogP contribution in [0.4, 0.5) is 0 Å². The summed E-state index contributed by atoms with van der Waals surface area (Å²) in [7, 11) is 0. The molecule has 0 saturated carbocycles. The average Bonchev–Trinajstić information content (AvgIpc) is 2.27. The zero-order valence-corrected chi connectivity index (χ0v) is 9.61. The molecule has 0 heterocycles. The molecule has 2 atom stereocenters. The number of rotatable bonds is 6. The molecule has 84 valence electrons. The molecule has 2 heteroatoms. The van der Waals surface area contributed by atoms with E-state index in [1.807, 2.05) is 6.07 Å². The van der Waals surface area contributed by atoms with Crippen molar-refractivity contribution in [3.05, 3.63) is 35.9 Å². The number of nitrogens with one attached hydrogen (secondary N) is 1. The average molecular weight is 207 g/mol. The van der Waals surface area contributed by atoms with Gasteiger partial charge in [-0.15, -0.1) is 0 Å². The van der Waals surface area contributed by atoms with Gasteiger partial charge in [-0.2, -0.15) is 0 Å². The van der Waals surface area contributed by atoms with Crippen molar-refractivity contribution in [3.63, 3.8) is 0 Å². The highest BCUT2D eigenvalue weighted by Crippen LogP contribution is 2.13. The fraction of sp³-hybridized carbons (Fsp3) is 0.538. The largest absolute Gasteiger partial charge is 0.396 e. The molecular weight excluding hydrogens is 186 g/mol. The summed E-state index contributed by atoms with van der Waals surface area (Å²) in [6, 6.07) is 10.9. The second-order valence-electron chi connectivity index (χ2n) is 4.13. The van der Waals surface area contributed by atoms with Gasteiger partial charge in [0.25, 0.3) is 0 Å². The molecule has 2 unspecified atom stereocenters. The highest BCUT2D eigenvalue weighted by molar-refractivity contribution is 5.18. The van der Waals surface area contributed by atoms with E-state index in [0.717, 1.165) is 13.0 Å². The predicted molar refractivity (Wildman–Crippen MR) is 64.0 cm³/mol. The van der Waals surface area contributed by atoms with Gasteiger partial charge in [-0.1, -0.05) is 37.3 Å². The van der Waals surface area contributed by atoms with Crippen LogP contribution in [-0.2, 0) is 0 Å². The van der Waals surface area contributed by atoms with Gasteiger partial charge in [0.2, 0.25) is 0 Å². The highest BCUT2D eigenvalue weighted by atomic mass is 16.3. The summed E-state index contributed by atoms with van der Waals surface area (Å²) in [6.45, 7) is 5.54. The third-order valence-electron chi connectivity index (χ3n) is 2.70. The van der Waals surface area contributed by atoms with Crippen LogP contribution in [0.3, 0.4) is 0 Å². The summed E-state index contributed by atoms with van der Waals surface area (Å²) in [5, 5.41) is 12.2. The maximum absolute atomic E-state index is 8.78. The van der Waals surface area contributed by atoms with E-state index in [-0.39, 0.29) is 6.61 Å². The Morgan fingerprint density at radius 1 is 1.20 bits per heavy atom. The molecule has 0 saturated heterocycles. The molecule has 0 fully saturated rings. The number of hydrogen-bond donors (Lipinski definition) is 2. The third-order valence-corrected chi connectivity index (χ3v) is 2.70.